The first kappa shape index (κ1) is 16.2. The molecule has 2 aromatic heterocycles. The Morgan fingerprint density at radius 3 is 1.83 bits per heavy atom. The van der Waals surface area contributed by atoms with Crippen molar-refractivity contribution < 1.29 is 8.83 Å². The molecule has 4 aromatic carbocycles. The fourth-order valence-corrected chi connectivity index (χ4v) is 4.20. The van der Waals surface area contributed by atoms with E-state index in [9.17, 15) is 0 Å². The molecule has 6 aromatic rings. The smallest absolute Gasteiger partial charge is 0.135 e. The lowest BCUT2D eigenvalue weighted by Gasteiger charge is -2.03. The molecular formula is C27H18O2. The molecule has 0 saturated heterocycles. The number of furan rings is 2. The van der Waals surface area contributed by atoms with Gasteiger partial charge in [0.25, 0.3) is 0 Å². The second-order valence-corrected chi connectivity index (χ2v) is 7.45. The van der Waals surface area contributed by atoms with E-state index in [1.807, 2.05) is 18.2 Å². The summed E-state index contributed by atoms with van der Waals surface area (Å²) in [6.07, 6.45) is 2.78. The number of hydrogen-bond acceptors (Lipinski definition) is 2. The Balaban J connectivity index is 1.56. The lowest BCUT2D eigenvalue weighted by atomic mass is 10.00. The Morgan fingerprint density at radius 1 is 0.586 bits per heavy atom. The van der Waals surface area contributed by atoms with Crippen molar-refractivity contribution in [3.63, 3.8) is 0 Å². The van der Waals surface area contributed by atoms with E-state index < -0.39 is 0 Å². The molecule has 0 aliphatic heterocycles. The van der Waals surface area contributed by atoms with E-state index in [1.165, 1.54) is 16.7 Å². The molecule has 138 valence electrons. The highest BCUT2D eigenvalue weighted by molar-refractivity contribution is 6.08. The highest BCUT2D eigenvalue weighted by Crippen LogP contribution is 2.36. The van der Waals surface area contributed by atoms with Crippen LogP contribution in [0.5, 0.6) is 0 Å². The topological polar surface area (TPSA) is 26.3 Å². The number of rotatable bonds is 3. The predicted octanol–water partition coefficient (Wildman–Crippen LogP) is 7.88. The molecule has 0 radical (unpaired) electrons. The summed E-state index contributed by atoms with van der Waals surface area (Å²) in [4.78, 5) is 0. The van der Waals surface area contributed by atoms with E-state index in [0.29, 0.717) is 0 Å². The molecule has 0 aliphatic carbocycles. The van der Waals surface area contributed by atoms with Gasteiger partial charge in [0.1, 0.15) is 22.3 Å². The van der Waals surface area contributed by atoms with Crippen molar-refractivity contribution in [2.24, 2.45) is 0 Å². The van der Waals surface area contributed by atoms with Gasteiger partial charge in [-0.15, -0.1) is 6.58 Å². The van der Waals surface area contributed by atoms with Crippen molar-refractivity contribution in [2.75, 3.05) is 0 Å². The molecule has 2 heterocycles. The van der Waals surface area contributed by atoms with Gasteiger partial charge in [0.05, 0.1) is 0 Å². The third kappa shape index (κ3) is 2.50. The molecule has 0 fully saturated rings. The van der Waals surface area contributed by atoms with Crippen LogP contribution in [0.4, 0.5) is 0 Å². The number of para-hydroxylation sites is 1. The van der Waals surface area contributed by atoms with Crippen LogP contribution in [-0.2, 0) is 6.42 Å². The molecule has 0 spiro atoms. The molecule has 6 rings (SSSR count). The second-order valence-electron chi connectivity index (χ2n) is 7.45. The van der Waals surface area contributed by atoms with Gasteiger partial charge in [-0.05, 0) is 65.6 Å². The largest absolute Gasteiger partial charge is 0.456 e. The minimum absolute atomic E-state index is 0.854. The maximum atomic E-state index is 6.05. The van der Waals surface area contributed by atoms with Crippen LogP contribution in [0, 0.1) is 0 Å². The van der Waals surface area contributed by atoms with E-state index in [0.717, 1.165) is 50.3 Å². The summed E-state index contributed by atoms with van der Waals surface area (Å²) in [7, 11) is 0. The summed E-state index contributed by atoms with van der Waals surface area (Å²) < 4.78 is 12.0. The third-order valence-corrected chi connectivity index (χ3v) is 5.62. The number of allylic oxidation sites excluding steroid dienone is 1. The van der Waals surface area contributed by atoms with Gasteiger partial charge < -0.3 is 8.83 Å². The van der Waals surface area contributed by atoms with Gasteiger partial charge >= 0.3 is 0 Å². The Kier molecular flexibility index (Phi) is 3.41. The van der Waals surface area contributed by atoms with Crippen molar-refractivity contribution in [2.45, 2.75) is 6.42 Å². The van der Waals surface area contributed by atoms with Crippen molar-refractivity contribution in [1.82, 2.24) is 0 Å². The Labute approximate surface area is 167 Å². The first-order valence-corrected chi connectivity index (χ1v) is 9.78. The highest BCUT2D eigenvalue weighted by Gasteiger charge is 2.11. The van der Waals surface area contributed by atoms with Crippen molar-refractivity contribution >= 4 is 43.9 Å². The van der Waals surface area contributed by atoms with E-state index in [1.54, 1.807) is 0 Å². The summed E-state index contributed by atoms with van der Waals surface area (Å²) >= 11 is 0. The summed E-state index contributed by atoms with van der Waals surface area (Å²) in [5.74, 6) is 0. The molecule has 0 unspecified atom stereocenters. The van der Waals surface area contributed by atoms with Gasteiger partial charge in [0, 0.05) is 21.5 Å². The minimum atomic E-state index is 0.854. The average molecular weight is 374 g/mol. The summed E-state index contributed by atoms with van der Waals surface area (Å²) in [5.41, 5.74) is 7.25. The van der Waals surface area contributed by atoms with Crippen LogP contribution in [-0.4, -0.2) is 0 Å². The van der Waals surface area contributed by atoms with E-state index in [2.05, 4.69) is 73.3 Å². The fraction of sp³-hybridized carbons (Fsp3) is 0.0370. The molecular weight excluding hydrogens is 356 g/mol. The van der Waals surface area contributed by atoms with Crippen LogP contribution >= 0.6 is 0 Å². The Morgan fingerprint density at radius 2 is 1.14 bits per heavy atom. The lowest BCUT2D eigenvalue weighted by molar-refractivity contribution is 0.668. The number of benzene rings is 4. The van der Waals surface area contributed by atoms with E-state index in [4.69, 9.17) is 8.83 Å². The third-order valence-electron chi connectivity index (χ3n) is 5.62. The van der Waals surface area contributed by atoms with Crippen molar-refractivity contribution in [1.29, 1.82) is 0 Å². The zero-order valence-corrected chi connectivity index (χ0v) is 15.8. The van der Waals surface area contributed by atoms with Gasteiger partial charge in [-0.2, -0.15) is 0 Å². The molecule has 2 nitrogen and oxygen atoms in total. The van der Waals surface area contributed by atoms with Gasteiger partial charge in [-0.3, -0.25) is 0 Å². The molecule has 0 bridgehead atoms. The van der Waals surface area contributed by atoms with Gasteiger partial charge in [0.2, 0.25) is 0 Å². The molecule has 0 aliphatic rings. The van der Waals surface area contributed by atoms with E-state index >= 15 is 0 Å². The van der Waals surface area contributed by atoms with Crippen molar-refractivity contribution in [3.05, 3.63) is 97.1 Å². The van der Waals surface area contributed by atoms with Gasteiger partial charge in [-0.25, -0.2) is 0 Å². The Hall–Kier alpha value is -3.78. The Bertz CT molecular complexity index is 1550. The summed E-state index contributed by atoms with van der Waals surface area (Å²) in [6, 6.07) is 27.4. The number of fused-ring (bicyclic) bond motifs is 6. The fourth-order valence-electron chi connectivity index (χ4n) is 4.20. The maximum Gasteiger partial charge on any atom is 0.135 e. The molecule has 29 heavy (non-hydrogen) atoms. The SMILES string of the molecule is C=CCc1ccc2oc3ccc(-c4ccc5oc6ccccc6c5c4)cc3c2c1. The minimum Gasteiger partial charge on any atom is -0.456 e. The standard InChI is InChI=1S/C27H18O2/c1-2-5-17-8-11-25-21(14-17)23-16-19(10-13-27(23)29-25)18-9-12-26-22(15-18)20-6-3-4-7-24(20)28-26/h2-4,6-16H,1,5H2. The maximum absolute atomic E-state index is 6.05. The first-order valence-electron chi connectivity index (χ1n) is 9.78. The van der Waals surface area contributed by atoms with Crippen LogP contribution in [0.3, 0.4) is 0 Å². The first-order chi connectivity index (χ1) is 14.3. The second kappa shape index (κ2) is 6.11. The molecule has 0 N–H and O–H groups in total. The van der Waals surface area contributed by atoms with Crippen molar-refractivity contribution in [3.8, 4) is 11.1 Å². The molecule has 0 saturated carbocycles. The highest BCUT2D eigenvalue weighted by atomic mass is 16.3. The van der Waals surface area contributed by atoms with Crippen LogP contribution < -0.4 is 0 Å². The zero-order valence-electron chi connectivity index (χ0n) is 15.8. The predicted molar refractivity (Wildman–Crippen MR) is 120 cm³/mol. The van der Waals surface area contributed by atoms with Gasteiger partial charge in [0.15, 0.2) is 0 Å². The molecule has 0 amide bonds. The van der Waals surface area contributed by atoms with Crippen LogP contribution in [0.1, 0.15) is 5.56 Å². The normalized spacial score (nSPS) is 11.7. The number of hydrogen-bond donors (Lipinski definition) is 0. The molecule has 0 atom stereocenters. The quantitative estimate of drug-likeness (QED) is 0.294. The summed E-state index contributed by atoms with van der Waals surface area (Å²) in [5, 5.41) is 4.58. The average Bonchev–Trinajstić information content (AvgIpc) is 3.31. The van der Waals surface area contributed by atoms with Crippen LogP contribution in [0.2, 0.25) is 0 Å². The zero-order chi connectivity index (χ0) is 19.4. The van der Waals surface area contributed by atoms with Gasteiger partial charge in [-0.1, -0.05) is 42.5 Å². The van der Waals surface area contributed by atoms with E-state index in [-0.39, 0.29) is 0 Å². The van der Waals surface area contributed by atoms with Crippen LogP contribution in [0.25, 0.3) is 55.0 Å². The monoisotopic (exact) mass is 374 g/mol. The summed E-state index contributed by atoms with van der Waals surface area (Å²) in [6.45, 7) is 3.85. The molecule has 2 heteroatoms. The van der Waals surface area contributed by atoms with Crippen LogP contribution in [0.15, 0.2) is 100 Å². The lowest BCUT2D eigenvalue weighted by Crippen LogP contribution is -1.80.